The minimum absolute atomic E-state index is 0.347. The van der Waals surface area contributed by atoms with E-state index in [-0.39, 0.29) is 6.04 Å². The van der Waals surface area contributed by atoms with E-state index < -0.39 is 6.03 Å². The minimum Gasteiger partial charge on any atom is -0.349 e. The summed E-state index contributed by atoms with van der Waals surface area (Å²) < 4.78 is 1.57. The van der Waals surface area contributed by atoms with Gasteiger partial charge in [-0.15, -0.1) is 5.10 Å². The van der Waals surface area contributed by atoms with Gasteiger partial charge in [0.1, 0.15) is 0 Å². The molecule has 1 aromatic rings. The first-order valence-corrected chi connectivity index (χ1v) is 6.08. The summed E-state index contributed by atoms with van der Waals surface area (Å²) in [6, 6.07) is -0.746. The lowest BCUT2D eigenvalue weighted by atomic mass is 9.99. The first-order valence-electron chi connectivity index (χ1n) is 6.08. The van der Waals surface area contributed by atoms with Crippen molar-refractivity contribution in [2.75, 3.05) is 13.1 Å². The number of rotatable bonds is 5. The highest BCUT2D eigenvalue weighted by Crippen LogP contribution is 2.24. The zero-order valence-electron chi connectivity index (χ0n) is 10.5. The zero-order valence-corrected chi connectivity index (χ0v) is 10.5. The number of urea groups is 1. The van der Waals surface area contributed by atoms with Gasteiger partial charge >= 0.3 is 6.03 Å². The van der Waals surface area contributed by atoms with E-state index in [1.54, 1.807) is 21.9 Å². The summed E-state index contributed by atoms with van der Waals surface area (Å²) in [5, 5.41) is 21.0. The molecule has 1 atom stereocenters. The lowest BCUT2D eigenvalue weighted by Crippen LogP contribution is -2.31. The van der Waals surface area contributed by atoms with Gasteiger partial charge < -0.3 is 14.9 Å². The van der Waals surface area contributed by atoms with E-state index >= 15 is 0 Å². The van der Waals surface area contributed by atoms with Crippen LogP contribution in [0.25, 0.3) is 5.70 Å². The number of hydrogen-bond acceptors (Lipinski definition) is 6. The molecule has 103 valence electrons. The van der Waals surface area contributed by atoms with Crippen LogP contribution in [-0.2, 0) is 11.3 Å². The topological polar surface area (TPSA) is 104 Å². The predicted molar refractivity (Wildman–Crippen MR) is 68.0 cm³/mol. The Morgan fingerprint density at radius 3 is 3.20 bits per heavy atom. The number of carbonyl (C=O) groups is 2. The molecule has 2 aliphatic rings. The fraction of sp³-hybridized carbons (Fsp3) is 0.400. The van der Waals surface area contributed by atoms with Crippen LogP contribution >= 0.6 is 0 Å². The summed E-state index contributed by atoms with van der Waals surface area (Å²) in [6.45, 7) is 1.25. The second kappa shape index (κ2) is 5.06. The number of hydroxylamine groups is 2. The van der Waals surface area contributed by atoms with Crippen molar-refractivity contribution in [3.63, 3.8) is 0 Å². The number of carbonyl (C=O) groups excluding carboxylic acids is 2. The van der Waals surface area contributed by atoms with Gasteiger partial charge in [-0.05, 0) is 6.08 Å². The monoisotopic (exact) mass is 275 g/mol. The fourth-order valence-electron chi connectivity index (χ4n) is 2.27. The second-order valence-electron chi connectivity index (χ2n) is 4.57. The van der Waals surface area contributed by atoms with E-state index in [1.807, 2.05) is 0 Å². The van der Waals surface area contributed by atoms with Crippen molar-refractivity contribution >= 4 is 25.3 Å². The van der Waals surface area contributed by atoms with Gasteiger partial charge in [-0.3, -0.25) is 5.21 Å². The number of nitrogens with one attached hydrogen (secondary N) is 1. The molecule has 1 aromatic heterocycles. The summed E-state index contributed by atoms with van der Waals surface area (Å²) >= 11 is 0. The third kappa shape index (κ3) is 2.19. The Labute approximate surface area is 115 Å². The quantitative estimate of drug-likeness (QED) is 0.294. The summed E-state index contributed by atoms with van der Waals surface area (Å²) in [6.07, 6.45) is 4.17. The van der Waals surface area contributed by atoms with Crippen LogP contribution < -0.4 is 5.23 Å². The van der Waals surface area contributed by atoms with Gasteiger partial charge in [0.05, 0.1) is 36.4 Å². The molecular weight excluding hydrogens is 263 g/mol. The van der Waals surface area contributed by atoms with E-state index in [0.717, 1.165) is 10.8 Å². The van der Waals surface area contributed by atoms with Crippen molar-refractivity contribution in [1.29, 1.82) is 0 Å². The van der Waals surface area contributed by atoms with Crippen LogP contribution in [0.15, 0.2) is 12.3 Å². The van der Waals surface area contributed by atoms with Gasteiger partial charge in [-0.1, -0.05) is 5.21 Å². The minimum atomic E-state index is -0.399. The average molecular weight is 275 g/mol. The van der Waals surface area contributed by atoms with Gasteiger partial charge in [0.15, 0.2) is 0 Å². The Balaban J connectivity index is 1.72. The van der Waals surface area contributed by atoms with Crippen molar-refractivity contribution in [3.8, 4) is 0 Å². The molecule has 2 N–H and O–H groups in total. The lowest BCUT2D eigenvalue weighted by Gasteiger charge is -2.20. The molecule has 0 aliphatic carbocycles. The lowest BCUT2D eigenvalue weighted by molar-refractivity contribution is -0.0450. The van der Waals surface area contributed by atoms with Gasteiger partial charge in [0, 0.05) is 13.1 Å². The van der Waals surface area contributed by atoms with Crippen LogP contribution in [0.2, 0.25) is 0 Å². The third-order valence-corrected chi connectivity index (χ3v) is 3.23. The molecule has 2 amide bonds. The molecule has 10 heteroatoms. The predicted octanol–water partition coefficient (Wildman–Crippen LogP) is -1.47. The molecule has 20 heavy (non-hydrogen) atoms. The van der Waals surface area contributed by atoms with E-state index in [9.17, 15) is 14.8 Å². The van der Waals surface area contributed by atoms with E-state index in [0.29, 0.717) is 31.5 Å². The number of amides is 2. The molecule has 3 heterocycles. The van der Waals surface area contributed by atoms with Crippen LogP contribution in [0.3, 0.4) is 0 Å². The van der Waals surface area contributed by atoms with Crippen molar-refractivity contribution in [3.05, 3.63) is 18.0 Å². The van der Waals surface area contributed by atoms with Crippen LogP contribution in [0.5, 0.6) is 0 Å². The highest BCUT2D eigenvalue weighted by Gasteiger charge is 2.39. The van der Waals surface area contributed by atoms with Crippen molar-refractivity contribution in [2.24, 2.45) is 0 Å². The smallest absolute Gasteiger partial charge is 0.344 e. The number of hydrogen-bond donors (Lipinski definition) is 2. The average Bonchev–Trinajstić information content (AvgIpc) is 3.00. The maximum atomic E-state index is 11.6. The largest absolute Gasteiger partial charge is 0.349 e. The van der Waals surface area contributed by atoms with Crippen LogP contribution in [-0.4, -0.2) is 68.9 Å². The highest BCUT2D eigenvalue weighted by molar-refractivity contribution is 6.64. The maximum absolute atomic E-state index is 11.6. The standard InChI is InChI=1S/C10H12BN6O3/c18-6-11-12-2-7-3-16(14-13-7)8-1-9-5-15(4-8)10(19)17(9)20/h1,3,6,9,12,20H,2,4-5H2. The van der Waals surface area contributed by atoms with Crippen LogP contribution in [0, 0.1) is 0 Å². The molecule has 0 saturated carbocycles. The molecule has 2 aliphatic heterocycles. The molecule has 2 bridgehead atoms. The Bertz CT molecular complexity index is 573. The van der Waals surface area contributed by atoms with Gasteiger partial charge in [-0.25, -0.2) is 9.48 Å². The van der Waals surface area contributed by atoms with Crippen molar-refractivity contribution < 1.29 is 14.8 Å². The molecule has 9 nitrogen and oxygen atoms in total. The second-order valence-corrected chi connectivity index (χ2v) is 4.57. The number of aromatic nitrogens is 3. The Hall–Kier alpha value is -2.20. The molecule has 1 fully saturated rings. The molecule has 1 saturated heterocycles. The molecule has 1 unspecified atom stereocenters. The fourth-order valence-corrected chi connectivity index (χ4v) is 2.27. The highest BCUT2D eigenvalue weighted by atomic mass is 16.5. The Morgan fingerprint density at radius 1 is 1.60 bits per heavy atom. The van der Waals surface area contributed by atoms with E-state index in [1.165, 1.54) is 7.41 Å². The summed E-state index contributed by atoms with van der Waals surface area (Å²) in [5.74, 6) is 0. The zero-order chi connectivity index (χ0) is 14.1. The first-order chi connectivity index (χ1) is 9.69. The van der Waals surface area contributed by atoms with Crippen molar-refractivity contribution in [1.82, 2.24) is 30.2 Å². The van der Waals surface area contributed by atoms with Crippen LogP contribution in [0.1, 0.15) is 5.69 Å². The van der Waals surface area contributed by atoms with E-state index in [2.05, 4.69) is 15.5 Å². The molecule has 0 aromatic carbocycles. The van der Waals surface area contributed by atoms with Gasteiger partial charge in [-0.2, -0.15) is 5.06 Å². The normalized spacial score (nSPS) is 21.1. The summed E-state index contributed by atoms with van der Waals surface area (Å²) in [7, 11) is 1.28. The maximum Gasteiger partial charge on any atom is 0.344 e. The molecule has 1 radical (unpaired) electrons. The first kappa shape index (κ1) is 12.8. The van der Waals surface area contributed by atoms with Gasteiger partial charge in [0.2, 0.25) is 0 Å². The summed E-state index contributed by atoms with van der Waals surface area (Å²) in [5.41, 5.74) is 1.45. The third-order valence-electron chi connectivity index (χ3n) is 3.23. The number of fused-ring (bicyclic) bond motifs is 2. The summed E-state index contributed by atoms with van der Waals surface area (Å²) in [4.78, 5) is 23.3. The Kier molecular flexibility index (Phi) is 3.24. The number of nitrogens with zero attached hydrogens (tertiary/aromatic N) is 5. The van der Waals surface area contributed by atoms with E-state index in [4.69, 9.17) is 0 Å². The Morgan fingerprint density at radius 2 is 2.45 bits per heavy atom. The van der Waals surface area contributed by atoms with Crippen molar-refractivity contribution in [2.45, 2.75) is 12.6 Å². The SMILES string of the molecule is O=C[B]NCc1cn(C2=CC3CN(C2)C(=O)N3O)nn1. The molecule has 3 rings (SSSR count). The van der Waals surface area contributed by atoms with Gasteiger partial charge in [0.25, 0.3) is 7.41 Å². The van der Waals surface area contributed by atoms with Crippen LogP contribution in [0.4, 0.5) is 4.79 Å². The molecular formula is C10H12BN6O3. The molecule has 0 spiro atoms.